The van der Waals surface area contributed by atoms with E-state index in [0.717, 1.165) is 183 Å². The van der Waals surface area contributed by atoms with Crippen molar-refractivity contribution in [1.82, 2.24) is 59.8 Å². The number of aryl methyl sites for hydroxylation is 4. The number of aromatic nitrogens is 12. The Labute approximate surface area is 600 Å². The second kappa shape index (κ2) is 25.0. The molecule has 14 aromatic rings. The van der Waals surface area contributed by atoms with Crippen LogP contribution in [0.1, 0.15) is 126 Å². The smallest absolute Gasteiger partial charge is 0.0928 e. The quantitative estimate of drug-likeness (QED) is 0.142. The first kappa shape index (κ1) is 62.1. The van der Waals surface area contributed by atoms with Crippen LogP contribution in [0.25, 0.3) is 177 Å². The van der Waals surface area contributed by atoms with E-state index in [0.29, 0.717) is 45.9 Å². The van der Waals surface area contributed by atoms with Crippen LogP contribution >= 0.6 is 0 Å². The molecule has 0 amide bonds. The fourth-order valence-corrected chi connectivity index (χ4v) is 15.3. The number of nitrogens with zero attached hydrogens (tertiary/aromatic N) is 12. The molecule has 0 saturated heterocycles. The van der Waals surface area contributed by atoms with Crippen molar-refractivity contribution in [2.75, 3.05) is 0 Å². The summed E-state index contributed by atoms with van der Waals surface area (Å²) in [4.78, 5) is 62.6. The Hall–Kier alpha value is -9.72. The van der Waals surface area contributed by atoms with E-state index >= 15 is 0 Å². The fraction of sp³-hybridized carbons (Fsp3) is 0.190. The van der Waals surface area contributed by atoms with Crippen molar-refractivity contribution in [3.63, 3.8) is 0 Å². The summed E-state index contributed by atoms with van der Waals surface area (Å²) in [5.41, 5.74) is 24.8. The van der Waals surface area contributed by atoms with Crippen molar-refractivity contribution in [2.24, 2.45) is 0 Å². The molecule has 0 saturated carbocycles. The maximum atomic E-state index is 5.25. The predicted octanol–water partition coefficient (Wildman–Crippen LogP) is 20.0. The molecule has 16 bridgehead atoms. The Morgan fingerprint density at radius 3 is 0.660 bits per heavy atom. The average molecular weight is 1420 g/mol. The predicted molar refractivity (Wildman–Crippen MR) is 395 cm³/mol. The molecule has 4 aliphatic heterocycles. The summed E-state index contributed by atoms with van der Waals surface area (Å²) in [6.45, 7) is 17.9. The van der Waals surface area contributed by atoms with Crippen LogP contribution < -0.4 is 19.9 Å². The zero-order chi connectivity index (χ0) is 65.0. The Morgan fingerprint density at radius 2 is 0.454 bits per heavy atom. The molecule has 0 fully saturated rings. The molecule has 6 aromatic heterocycles. The van der Waals surface area contributed by atoms with Crippen molar-refractivity contribution in [1.29, 1.82) is 0 Å². The molecule has 12 nitrogen and oxygen atoms in total. The van der Waals surface area contributed by atoms with E-state index in [1.165, 1.54) is 44.5 Å². The molecule has 18 rings (SSSR count). The van der Waals surface area contributed by atoms with E-state index in [9.17, 15) is 0 Å². The van der Waals surface area contributed by atoms with E-state index in [-0.39, 0.29) is 46.9 Å². The van der Waals surface area contributed by atoms with Crippen LogP contribution in [0.4, 0.5) is 0 Å². The largest absolute Gasteiger partial charge is 0.657 e. The molecular formula is C84H68N12Yb-4. The molecule has 8 aromatic carbocycles. The van der Waals surface area contributed by atoms with Crippen molar-refractivity contribution in [2.45, 2.75) is 107 Å². The third-order valence-electron chi connectivity index (χ3n) is 20.0. The minimum Gasteiger partial charge on any atom is -0.657 e. The molecule has 0 atom stereocenters. The molecule has 482 valence electrons. The van der Waals surface area contributed by atoms with Gasteiger partial charge in [-0.1, -0.05) is 199 Å². The van der Waals surface area contributed by atoms with Crippen LogP contribution in [-0.2, 0) is 25.7 Å². The number of hydrogen-bond donors (Lipinski definition) is 0. The maximum Gasteiger partial charge on any atom is 0.0928 e. The Kier molecular flexibility index (Phi) is 16.0. The minimum absolute atomic E-state index is 0. The molecule has 0 N–H and O–H groups in total. The SMILES string of the molecule is CCC1=C(CC)c2cc3[n-]c(cc4nc(cc5[n-]c(cc1n2)c(CC)c5CC)C(CC)=C4CC)c(CC)c3CC.[Yb].c1ccc2cc3c(cc2c1)-c1nc-3nc2[n-]c(nc3nc(nc4[n-]c(n1)c1cc5ccccc5cc41)-c1cc4ccccc4cc1-3)c1cc3ccccc3cc21. The molecule has 0 radical (unpaired) electrons. The molecule has 10 heterocycles. The molecule has 97 heavy (non-hydrogen) atoms. The van der Waals surface area contributed by atoms with Gasteiger partial charge in [0.25, 0.3) is 0 Å². The third-order valence-corrected chi connectivity index (χ3v) is 20.0. The second-order valence-electron chi connectivity index (χ2n) is 25.2. The molecular weight excluding hydrogens is 1350 g/mol. The van der Waals surface area contributed by atoms with E-state index < -0.39 is 0 Å². The average Bonchev–Trinajstić information content (AvgIpc) is 1.59. The summed E-state index contributed by atoms with van der Waals surface area (Å²) in [6, 6.07) is 59.4. The molecule has 0 unspecified atom stereocenters. The van der Waals surface area contributed by atoms with Gasteiger partial charge in [-0.25, -0.2) is 19.9 Å². The topological polar surface area (TPSA) is 160 Å². The van der Waals surface area contributed by atoms with Crippen molar-refractivity contribution >= 4 is 132 Å². The van der Waals surface area contributed by atoms with Crippen molar-refractivity contribution in [3.8, 4) is 45.6 Å². The fourth-order valence-electron chi connectivity index (χ4n) is 15.3. The summed E-state index contributed by atoms with van der Waals surface area (Å²) in [5.74, 6) is 2.14. The normalized spacial score (nSPS) is 12.7. The Balaban J connectivity index is 0.000000160. The van der Waals surface area contributed by atoms with E-state index in [1.54, 1.807) is 0 Å². The first-order valence-electron chi connectivity index (χ1n) is 34.1. The van der Waals surface area contributed by atoms with Crippen LogP contribution in [-0.4, -0.2) is 39.9 Å². The summed E-state index contributed by atoms with van der Waals surface area (Å²) in [7, 11) is 0. The van der Waals surface area contributed by atoms with Crippen molar-refractivity contribution < 1.29 is 46.9 Å². The van der Waals surface area contributed by atoms with E-state index in [2.05, 4.69) is 177 Å². The minimum atomic E-state index is 0. The van der Waals surface area contributed by atoms with Crippen LogP contribution in [0.3, 0.4) is 0 Å². The Bertz CT molecular complexity index is 5380. The number of fused-ring (bicyclic) bond motifs is 32. The van der Waals surface area contributed by atoms with Gasteiger partial charge < -0.3 is 39.9 Å². The first-order valence-corrected chi connectivity index (χ1v) is 34.1. The van der Waals surface area contributed by atoms with Crippen molar-refractivity contribution in [3.05, 3.63) is 215 Å². The van der Waals surface area contributed by atoms with Crippen LogP contribution in [0.15, 0.2) is 170 Å². The zero-order valence-electron chi connectivity index (χ0n) is 55.5. The van der Waals surface area contributed by atoms with Gasteiger partial charge in [0, 0.05) is 91.8 Å². The maximum absolute atomic E-state index is 5.25. The van der Waals surface area contributed by atoms with Gasteiger partial charge >= 0.3 is 0 Å². The van der Waals surface area contributed by atoms with E-state index in [1.807, 2.05) is 48.5 Å². The zero-order valence-corrected chi connectivity index (χ0v) is 57.2. The summed E-state index contributed by atoms with van der Waals surface area (Å²) >= 11 is 0. The van der Waals surface area contributed by atoms with Gasteiger partial charge in [0.2, 0.25) is 0 Å². The summed E-state index contributed by atoms with van der Waals surface area (Å²) < 4.78 is 0. The van der Waals surface area contributed by atoms with Crippen LogP contribution in [0, 0.1) is 46.9 Å². The summed E-state index contributed by atoms with van der Waals surface area (Å²) in [6.07, 6.45) is 7.60. The Morgan fingerprint density at radius 1 is 0.237 bits per heavy atom. The third kappa shape index (κ3) is 10.4. The molecule has 0 aliphatic carbocycles. The number of rotatable bonds is 8. The van der Waals surface area contributed by atoms with Gasteiger partial charge in [0.15, 0.2) is 0 Å². The standard InChI is InChI=1S/C48H24N8.C36H44N4.Yb/c1-2-10-26-18-34-33(17-25(26)9-1)41-49-42(34)54-44-37-21-29-13-5-6-14-30(29)22-38(37)46(51-44)56-48-40-24-32-16-8-7-15-31(32)23-39(40)47(52-48)55-45-36-20-28-12-4-3-11-27(28)19-35(36)43(50-45)53-41;1-9-21-22(10-2)30-18-32-25(13-5)26(14-6)34(39-32)20-36-28(16-8)27(15-7)35(40-36)19-33-24(12-4)23(11-3)31(38-33)17-29(21)37-30;/h1-24H;17-20H,9-16H2,1-8H3;/q2*-2;. The number of hydrogen-bond acceptors (Lipinski definition) is 8. The van der Waals surface area contributed by atoms with Gasteiger partial charge in [0.05, 0.1) is 46.1 Å². The van der Waals surface area contributed by atoms with Gasteiger partial charge in [-0.05, 0) is 187 Å². The monoisotopic (exact) mass is 1420 g/mol. The van der Waals surface area contributed by atoms with Gasteiger partial charge in [0.1, 0.15) is 0 Å². The van der Waals surface area contributed by atoms with E-state index in [4.69, 9.17) is 59.8 Å². The first-order chi connectivity index (χ1) is 47.1. The summed E-state index contributed by atoms with van der Waals surface area (Å²) in [5, 5.41) is 12.2. The van der Waals surface area contributed by atoms with Gasteiger partial charge in [-0.3, -0.25) is 0 Å². The van der Waals surface area contributed by atoms with Crippen LogP contribution in [0.5, 0.6) is 0 Å². The molecule has 4 aliphatic rings. The number of allylic oxidation sites excluding steroid dienone is 4. The van der Waals surface area contributed by atoms with Gasteiger partial charge in [-0.15, -0.1) is 22.1 Å². The molecule has 0 spiro atoms. The van der Waals surface area contributed by atoms with Crippen LogP contribution in [0.2, 0.25) is 0 Å². The molecule has 13 heteroatoms. The second-order valence-corrected chi connectivity index (χ2v) is 25.2. The number of benzene rings is 8. The van der Waals surface area contributed by atoms with Gasteiger partial charge in [-0.2, -0.15) is 0 Å².